The molecule has 6 heteroatoms. The van der Waals surface area contributed by atoms with Crippen LogP contribution in [0.2, 0.25) is 0 Å². The fourth-order valence-electron chi connectivity index (χ4n) is 3.70. The third-order valence-electron chi connectivity index (χ3n) is 4.76. The average molecular weight is 430 g/mol. The Bertz CT molecular complexity index is 1110. The number of aryl methyl sites for hydroxylation is 1. The molecule has 31 heavy (non-hydrogen) atoms. The summed E-state index contributed by atoms with van der Waals surface area (Å²) >= 11 is 0. The van der Waals surface area contributed by atoms with Crippen molar-refractivity contribution in [1.82, 2.24) is 0 Å². The van der Waals surface area contributed by atoms with Crippen molar-refractivity contribution < 1.29 is 27.4 Å². The fourth-order valence-corrected chi connectivity index (χ4v) is 3.70. The van der Waals surface area contributed by atoms with Crippen LogP contribution in [0, 0.1) is 6.92 Å². The van der Waals surface area contributed by atoms with Crippen molar-refractivity contribution in [3.63, 3.8) is 0 Å². The van der Waals surface area contributed by atoms with Gasteiger partial charge < -0.3 is 9.47 Å². The Kier molecular flexibility index (Phi) is 6.14. The van der Waals surface area contributed by atoms with E-state index in [0.29, 0.717) is 16.7 Å². The van der Waals surface area contributed by atoms with Crippen LogP contribution in [0.3, 0.4) is 0 Å². The smallest absolute Gasteiger partial charge is 0.406 e. The Morgan fingerprint density at radius 3 is 2.26 bits per heavy atom. The van der Waals surface area contributed by atoms with Gasteiger partial charge in [0.15, 0.2) is 5.78 Å². The van der Waals surface area contributed by atoms with E-state index < -0.39 is 18.1 Å². The van der Waals surface area contributed by atoms with E-state index in [1.54, 1.807) is 6.07 Å². The van der Waals surface area contributed by atoms with Gasteiger partial charge in [0.05, 0.1) is 5.60 Å². The molecule has 0 unspecified atom stereocenters. The summed E-state index contributed by atoms with van der Waals surface area (Å²) in [4.78, 5) is 12.7. The van der Waals surface area contributed by atoms with E-state index in [9.17, 15) is 18.0 Å². The van der Waals surface area contributed by atoms with Crippen LogP contribution in [-0.2, 0) is 9.53 Å². The molecule has 0 aromatic heterocycles. The Morgan fingerprint density at radius 2 is 1.65 bits per heavy atom. The SMILES string of the molecule is CC(=O)[C@@H](OC(C)(C)C)c1c(C)cc2ccccc2c1-c1cccc(OC(F)(F)F)c1. The van der Waals surface area contributed by atoms with Crippen molar-refractivity contribution in [2.45, 2.75) is 52.7 Å². The molecular weight excluding hydrogens is 405 g/mol. The molecule has 1 atom stereocenters. The predicted molar refractivity (Wildman–Crippen MR) is 115 cm³/mol. The molecule has 0 saturated heterocycles. The maximum absolute atomic E-state index is 12.8. The molecule has 0 fully saturated rings. The number of hydrogen-bond donors (Lipinski definition) is 0. The summed E-state index contributed by atoms with van der Waals surface area (Å²) in [6.45, 7) is 8.91. The molecular formula is C25H25F3O3. The maximum Gasteiger partial charge on any atom is 0.573 e. The Morgan fingerprint density at radius 1 is 0.968 bits per heavy atom. The second kappa shape index (κ2) is 8.35. The quantitative estimate of drug-likeness (QED) is 0.431. The van der Waals surface area contributed by atoms with Gasteiger partial charge in [-0.15, -0.1) is 13.2 Å². The summed E-state index contributed by atoms with van der Waals surface area (Å²) in [6, 6.07) is 15.3. The number of Topliss-reactive ketones (excluding diaryl/α,β-unsaturated/α-hetero) is 1. The highest BCUT2D eigenvalue weighted by molar-refractivity contribution is 6.01. The number of fused-ring (bicyclic) bond motifs is 1. The molecule has 0 aliphatic carbocycles. The van der Waals surface area contributed by atoms with Crippen LogP contribution in [0.4, 0.5) is 13.2 Å². The Hall–Kier alpha value is -2.86. The molecule has 3 aromatic rings. The highest BCUT2D eigenvalue weighted by Crippen LogP contribution is 2.41. The topological polar surface area (TPSA) is 35.5 Å². The number of rotatable bonds is 5. The molecule has 3 nitrogen and oxygen atoms in total. The zero-order chi connectivity index (χ0) is 23.0. The first-order valence-corrected chi connectivity index (χ1v) is 9.92. The molecule has 0 aliphatic heterocycles. The highest BCUT2D eigenvalue weighted by Gasteiger charge is 2.32. The molecule has 0 radical (unpaired) electrons. The molecule has 0 aliphatic rings. The number of ether oxygens (including phenoxy) is 2. The van der Waals surface area contributed by atoms with Gasteiger partial charge in [-0.05, 0) is 79.8 Å². The average Bonchev–Trinajstić information content (AvgIpc) is 2.63. The predicted octanol–water partition coefficient (Wildman–Crippen LogP) is 7.16. The van der Waals surface area contributed by atoms with Gasteiger partial charge in [-0.25, -0.2) is 0 Å². The molecule has 3 aromatic carbocycles. The molecule has 0 saturated carbocycles. The van der Waals surface area contributed by atoms with Crippen LogP contribution in [0.25, 0.3) is 21.9 Å². The van der Waals surface area contributed by atoms with Gasteiger partial charge >= 0.3 is 6.36 Å². The van der Waals surface area contributed by atoms with Crippen LogP contribution in [0.5, 0.6) is 5.75 Å². The van der Waals surface area contributed by atoms with Crippen molar-refractivity contribution in [2.24, 2.45) is 0 Å². The first-order valence-electron chi connectivity index (χ1n) is 9.92. The first-order chi connectivity index (χ1) is 14.4. The summed E-state index contributed by atoms with van der Waals surface area (Å²) < 4.78 is 48.7. The van der Waals surface area contributed by atoms with Gasteiger partial charge in [-0.1, -0.05) is 42.5 Å². The van der Waals surface area contributed by atoms with Crippen LogP contribution >= 0.6 is 0 Å². The summed E-state index contributed by atoms with van der Waals surface area (Å²) in [5.41, 5.74) is 2.03. The lowest BCUT2D eigenvalue weighted by molar-refractivity contribution is -0.274. The zero-order valence-electron chi connectivity index (χ0n) is 18.1. The number of carbonyl (C=O) groups is 1. The van der Waals surface area contributed by atoms with Gasteiger partial charge in [0.1, 0.15) is 11.9 Å². The van der Waals surface area contributed by atoms with Gasteiger partial charge in [-0.3, -0.25) is 4.79 Å². The maximum atomic E-state index is 12.8. The minimum atomic E-state index is -4.80. The largest absolute Gasteiger partial charge is 0.573 e. The zero-order valence-corrected chi connectivity index (χ0v) is 18.1. The molecule has 164 valence electrons. The Balaban J connectivity index is 2.33. The summed E-state index contributed by atoms with van der Waals surface area (Å²) in [7, 11) is 0. The molecule has 3 rings (SSSR count). The minimum absolute atomic E-state index is 0.183. The minimum Gasteiger partial charge on any atom is -0.406 e. The summed E-state index contributed by atoms with van der Waals surface area (Å²) in [5, 5.41) is 1.73. The number of ketones is 1. The fraction of sp³-hybridized carbons (Fsp3) is 0.320. The molecule has 0 bridgehead atoms. The van der Waals surface area contributed by atoms with Gasteiger partial charge in [-0.2, -0.15) is 0 Å². The Labute approximate surface area is 179 Å². The third-order valence-corrected chi connectivity index (χ3v) is 4.76. The lowest BCUT2D eigenvalue weighted by Crippen LogP contribution is -2.27. The van der Waals surface area contributed by atoms with Crippen LogP contribution in [-0.4, -0.2) is 17.7 Å². The number of alkyl halides is 3. The molecule has 0 amide bonds. The van der Waals surface area contributed by atoms with Gasteiger partial charge in [0.2, 0.25) is 0 Å². The highest BCUT2D eigenvalue weighted by atomic mass is 19.4. The lowest BCUT2D eigenvalue weighted by Gasteiger charge is -2.29. The van der Waals surface area contributed by atoms with Gasteiger partial charge in [0, 0.05) is 0 Å². The first kappa shape index (κ1) is 22.8. The third kappa shape index (κ3) is 5.44. The van der Waals surface area contributed by atoms with E-state index in [4.69, 9.17) is 4.74 Å². The van der Waals surface area contributed by atoms with Crippen molar-refractivity contribution in [3.05, 3.63) is 65.7 Å². The van der Waals surface area contributed by atoms with E-state index in [-0.39, 0.29) is 11.5 Å². The summed E-state index contributed by atoms with van der Waals surface area (Å²) in [6.07, 6.45) is -5.67. The van der Waals surface area contributed by atoms with E-state index in [1.165, 1.54) is 25.1 Å². The number of carbonyl (C=O) groups excluding carboxylic acids is 1. The standard InChI is InChI=1S/C25H25F3O3/c1-15-13-17-9-6-7-12-20(17)22(21(15)23(16(2)29)31-24(3,4)5)18-10-8-11-19(14-18)30-25(26,27)28/h6-14,23H,1-5H3/t23-/m1/s1. The van der Waals surface area contributed by atoms with Crippen molar-refractivity contribution >= 4 is 16.6 Å². The lowest BCUT2D eigenvalue weighted by atomic mass is 9.86. The second-order valence-electron chi connectivity index (χ2n) is 8.50. The monoisotopic (exact) mass is 430 g/mol. The molecule has 0 heterocycles. The van der Waals surface area contributed by atoms with Crippen LogP contribution in [0.1, 0.15) is 44.9 Å². The van der Waals surface area contributed by atoms with E-state index in [0.717, 1.165) is 16.3 Å². The van der Waals surface area contributed by atoms with Crippen molar-refractivity contribution in [2.75, 3.05) is 0 Å². The number of benzene rings is 3. The van der Waals surface area contributed by atoms with Crippen LogP contribution < -0.4 is 4.74 Å². The number of hydrogen-bond acceptors (Lipinski definition) is 3. The van der Waals surface area contributed by atoms with Crippen molar-refractivity contribution in [3.8, 4) is 16.9 Å². The summed E-state index contributed by atoms with van der Waals surface area (Å²) in [5.74, 6) is -0.505. The normalized spacial score (nSPS) is 13.3. The number of halogens is 3. The molecule has 0 N–H and O–H groups in total. The van der Waals surface area contributed by atoms with E-state index in [2.05, 4.69) is 4.74 Å². The van der Waals surface area contributed by atoms with Crippen LogP contribution in [0.15, 0.2) is 54.6 Å². The van der Waals surface area contributed by atoms with E-state index >= 15 is 0 Å². The van der Waals surface area contributed by atoms with Gasteiger partial charge in [0.25, 0.3) is 0 Å². The second-order valence-corrected chi connectivity index (χ2v) is 8.50. The van der Waals surface area contributed by atoms with E-state index in [1.807, 2.05) is 58.0 Å². The van der Waals surface area contributed by atoms with Crippen molar-refractivity contribution in [1.29, 1.82) is 0 Å². The molecule has 0 spiro atoms.